The van der Waals surface area contributed by atoms with Crippen LogP contribution in [0.1, 0.15) is 15.9 Å². The van der Waals surface area contributed by atoms with Gasteiger partial charge >= 0.3 is 5.97 Å². The van der Waals surface area contributed by atoms with E-state index in [2.05, 4.69) is 11.2 Å². The number of benzene rings is 3. The number of terminal acetylenes is 1. The molecule has 0 bridgehead atoms. The van der Waals surface area contributed by atoms with Gasteiger partial charge in [-0.15, -0.1) is 6.42 Å². The van der Waals surface area contributed by atoms with Crippen molar-refractivity contribution < 1.29 is 27.5 Å². The number of amides is 1. The summed E-state index contributed by atoms with van der Waals surface area (Å²) in [6.07, 6.45) is 5.07. The topological polar surface area (TPSA) is 102 Å². The van der Waals surface area contributed by atoms with Gasteiger partial charge in [-0.1, -0.05) is 42.3 Å². The van der Waals surface area contributed by atoms with Gasteiger partial charge in [-0.05, 0) is 48.0 Å². The Kier molecular flexibility index (Phi) is 8.48. The van der Waals surface area contributed by atoms with E-state index >= 15 is 0 Å². The van der Waals surface area contributed by atoms with E-state index in [1.54, 1.807) is 24.3 Å². The predicted molar refractivity (Wildman–Crippen MR) is 131 cm³/mol. The summed E-state index contributed by atoms with van der Waals surface area (Å²) >= 11 is 0. The fraction of sp³-hybridized carbons (Fsp3) is 0.154. The van der Waals surface area contributed by atoms with Gasteiger partial charge in [-0.25, -0.2) is 13.2 Å². The average Bonchev–Trinajstić information content (AvgIpc) is 2.89. The summed E-state index contributed by atoms with van der Waals surface area (Å²) in [7, 11) is -2.56. The maximum atomic E-state index is 13.7. The van der Waals surface area contributed by atoms with Crippen LogP contribution >= 0.6 is 0 Å². The van der Waals surface area contributed by atoms with Gasteiger partial charge in [-0.3, -0.25) is 9.10 Å². The predicted octanol–water partition coefficient (Wildman–Crippen LogP) is 3.00. The van der Waals surface area contributed by atoms with Gasteiger partial charge in [0.1, 0.15) is 5.75 Å². The first-order chi connectivity index (χ1) is 16.8. The number of hydrogen-bond acceptors (Lipinski definition) is 6. The number of nitrogens with zero attached hydrogens (tertiary/aromatic N) is 1. The second kappa shape index (κ2) is 11.7. The van der Waals surface area contributed by atoms with Gasteiger partial charge in [0.15, 0.2) is 6.61 Å². The number of anilines is 1. The van der Waals surface area contributed by atoms with Crippen LogP contribution in [-0.2, 0) is 26.1 Å². The van der Waals surface area contributed by atoms with Crippen molar-refractivity contribution >= 4 is 27.6 Å². The molecule has 0 saturated heterocycles. The molecule has 0 aliphatic carbocycles. The van der Waals surface area contributed by atoms with Gasteiger partial charge in [0.2, 0.25) is 0 Å². The Morgan fingerprint density at radius 2 is 1.71 bits per heavy atom. The summed E-state index contributed by atoms with van der Waals surface area (Å²) < 4.78 is 38.8. The van der Waals surface area contributed by atoms with E-state index < -0.39 is 28.5 Å². The molecule has 8 nitrogen and oxygen atoms in total. The lowest BCUT2D eigenvalue weighted by Crippen LogP contribution is -2.31. The van der Waals surface area contributed by atoms with Crippen molar-refractivity contribution in [3.05, 3.63) is 90.0 Å². The molecule has 180 valence electrons. The maximum Gasteiger partial charge on any atom is 0.338 e. The Morgan fingerprint density at radius 1 is 1.00 bits per heavy atom. The molecule has 0 atom stereocenters. The lowest BCUT2D eigenvalue weighted by atomic mass is 10.2. The molecule has 3 aromatic rings. The Labute approximate surface area is 204 Å². The largest absolute Gasteiger partial charge is 0.497 e. The van der Waals surface area contributed by atoms with E-state index in [-0.39, 0.29) is 23.5 Å². The van der Waals surface area contributed by atoms with Crippen LogP contribution in [0.5, 0.6) is 5.75 Å². The molecule has 0 heterocycles. The summed E-state index contributed by atoms with van der Waals surface area (Å²) in [5, 5.41) is 2.38. The van der Waals surface area contributed by atoms with Crippen LogP contribution in [0.3, 0.4) is 0 Å². The van der Waals surface area contributed by atoms with E-state index in [0.717, 1.165) is 5.56 Å². The molecular weight excluding hydrogens is 468 g/mol. The molecular formula is C26H24N2O6S. The summed E-state index contributed by atoms with van der Waals surface area (Å²) in [6.45, 7) is -0.463. The molecule has 0 aliphatic rings. The number of hydrogen-bond donors (Lipinski definition) is 1. The first kappa shape index (κ1) is 25.3. The minimum atomic E-state index is -4.09. The standard InChI is InChI=1S/C26H24N2O6S/c1-3-16-27-25(29)19-34-26(30)21-10-7-11-24(17-21)35(31,32)28(18-20-8-5-4-6-9-20)22-12-14-23(33-2)15-13-22/h1,4-15,17H,16,18-19H2,2H3,(H,27,29). The summed E-state index contributed by atoms with van der Waals surface area (Å²) in [6, 6.07) is 21.2. The highest BCUT2D eigenvalue weighted by molar-refractivity contribution is 7.92. The number of nitrogens with one attached hydrogen (secondary N) is 1. The molecule has 3 aromatic carbocycles. The van der Waals surface area contributed by atoms with Crippen molar-refractivity contribution in [3.8, 4) is 18.1 Å². The monoisotopic (exact) mass is 492 g/mol. The number of sulfonamides is 1. The minimum absolute atomic E-state index is 0.00667. The molecule has 0 aliphatic heterocycles. The third kappa shape index (κ3) is 6.62. The fourth-order valence-corrected chi connectivity index (χ4v) is 4.64. The molecule has 35 heavy (non-hydrogen) atoms. The van der Waals surface area contributed by atoms with Crippen LogP contribution in [0.4, 0.5) is 5.69 Å². The Morgan fingerprint density at radius 3 is 2.37 bits per heavy atom. The summed E-state index contributed by atoms with van der Waals surface area (Å²) in [5.41, 5.74) is 1.19. The Bertz CT molecular complexity index is 1320. The highest BCUT2D eigenvalue weighted by Crippen LogP contribution is 2.28. The highest BCUT2D eigenvalue weighted by atomic mass is 32.2. The van der Waals surface area contributed by atoms with Crippen molar-refractivity contribution in [1.82, 2.24) is 5.32 Å². The fourth-order valence-electron chi connectivity index (χ4n) is 3.14. The lowest BCUT2D eigenvalue weighted by molar-refractivity contribution is -0.123. The van der Waals surface area contributed by atoms with Gasteiger partial charge < -0.3 is 14.8 Å². The third-order valence-corrected chi connectivity index (χ3v) is 6.68. The van der Waals surface area contributed by atoms with Crippen LogP contribution in [0.2, 0.25) is 0 Å². The number of carbonyl (C=O) groups is 2. The van der Waals surface area contributed by atoms with Crippen LogP contribution in [0.25, 0.3) is 0 Å². The second-order valence-corrected chi connectivity index (χ2v) is 9.14. The Balaban J connectivity index is 1.90. The van der Waals surface area contributed by atoms with Crippen molar-refractivity contribution in [1.29, 1.82) is 0 Å². The van der Waals surface area contributed by atoms with Gasteiger partial charge in [0.05, 0.1) is 36.3 Å². The van der Waals surface area contributed by atoms with E-state index in [9.17, 15) is 18.0 Å². The number of carbonyl (C=O) groups excluding carboxylic acids is 2. The average molecular weight is 493 g/mol. The van der Waals surface area contributed by atoms with E-state index in [0.29, 0.717) is 11.4 Å². The Hall–Kier alpha value is -4.29. The van der Waals surface area contributed by atoms with Gasteiger partial charge in [0, 0.05) is 0 Å². The highest BCUT2D eigenvalue weighted by Gasteiger charge is 2.26. The van der Waals surface area contributed by atoms with Crippen LogP contribution in [-0.4, -0.2) is 40.6 Å². The van der Waals surface area contributed by atoms with Crippen molar-refractivity contribution in [2.75, 3.05) is 24.6 Å². The third-order valence-electron chi connectivity index (χ3n) is 4.91. The molecule has 0 unspecified atom stereocenters. The number of methoxy groups -OCH3 is 1. The van der Waals surface area contributed by atoms with Gasteiger partial charge in [0.25, 0.3) is 15.9 Å². The number of esters is 1. The van der Waals surface area contributed by atoms with E-state index in [4.69, 9.17) is 15.9 Å². The molecule has 0 saturated carbocycles. The van der Waals surface area contributed by atoms with Crippen molar-refractivity contribution in [2.45, 2.75) is 11.4 Å². The van der Waals surface area contributed by atoms with Crippen molar-refractivity contribution in [2.24, 2.45) is 0 Å². The smallest absolute Gasteiger partial charge is 0.338 e. The molecule has 0 fully saturated rings. The molecule has 3 rings (SSSR count). The normalized spacial score (nSPS) is 10.6. The van der Waals surface area contributed by atoms with Crippen LogP contribution < -0.4 is 14.4 Å². The SMILES string of the molecule is C#CCNC(=O)COC(=O)c1cccc(S(=O)(=O)N(Cc2ccccc2)c2ccc(OC)cc2)c1. The summed E-state index contributed by atoms with van der Waals surface area (Å²) in [4.78, 5) is 24.0. The molecule has 0 spiro atoms. The van der Waals surface area contributed by atoms with E-state index in [1.165, 1.54) is 35.7 Å². The zero-order chi connectivity index (χ0) is 25.3. The molecule has 1 amide bonds. The second-order valence-electron chi connectivity index (χ2n) is 7.28. The first-order valence-corrected chi connectivity index (χ1v) is 12.0. The lowest BCUT2D eigenvalue weighted by Gasteiger charge is -2.25. The maximum absolute atomic E-state index is 13.7. The van der Waals surface area contributed by atoms with Gasteiger partial charge in [-0.2, -0.15) is 0 Å². The molecule has 0 radical (unpaired) electrons. The zero-order valence-corrected chi connectivity index (χ0v) is 19.8. The zero-order valence-electron chi connectivity index (χ0n) is 19.0. The summed E-state index contributed by atoms with van der Waals surface area (Å²) in [5.74, 6) is 1.43. The van der Waals surface area contributed by atoms with Crippen LogP contribution in [0, 0.1) is 12.3 Å². The number of ether oxygens (including phenoxy) is 2. The first-order valence-electron chi connectivity index (χ1n) is 10.5. The molecule has 1 N–H and O–H groups in total. The number of rotatable bonds is 10. The van der Waals surface area contributed by atoms with Crippen LogP contribution in [0.15, 0.2) is 83.8 Å². The van der Waals surface area contributed by atoms with Crippen molar-refractivity contribution in [3.63, 3.8) is 0 Å². The van der Waals surface area contributed by atoms with E-state index in [1.807, 2.05) is 30.3 Å². The quantitative estimate of drug-likeness (QED) is 0.345. The molecule has 9 heteroatoms. The minimum Gasteiger partial charge on any atom is -0.497 e. The molecule has 0 aromatic heterocycles.